The second-order valence-electron chi connectivity index (χ2n) is 14.2. The van der Waals surface area contributed by atoms with Gasteiger partial charge in [-0.1, -0.05) is 197 Å². The minimum atomic E-state index is -0.715. The number of nitrogens with zero attached hydrogens (tertiary/aromatic N) is 1. The molecular weight excluding hydrogens is 580 g/mol. The molecule has 0 rings (SSSR count). The maximum atomic E-state index is 12.4. The SMILES string of the molecule is CCCCCCCC/C=C\CCCCCCCCCCCCCC(=O)N[C@@H](CO)[C@@H](/C=C/CCCCCCCCCCCCC)N=O. The van der Waals surface area contributed by atoms with Gasteiger partial charge in [-0.3, -0.25) is 4.79 Å². The number of nitroso groups, excluding NO2 is 1. The molecule has 0 bridgehead atoms. The molecule has 47 heavy (non-hydrogen) atoms. The van der Waals surface area contributed by atoms with Crippen LogP contribution in [0.5, 0.6) is 0 Å². The number of rotatable bonds is 38. The highest BCUT2D eigenvalue weighted by atomic mass is 16.3. The summed E-state index contributed by atoms with van der Waals surface area (Å²) in [6.07, 6.45) is 48.9. The summed E-state index contributed by atoms with van der Waals surface area (Å²) in [7, 11) is 0. The highest BCUT2D eigenvalue weighted by molar-refractivity contribution is 5.76. The Morgan fingerprint density at radius 2 is 0.872 bits per heavy atom. The monoisotopic (exact) mass is 661 g/mol. The Bertz CT molecular complexity index is 708. The summed E-state index contributed by atoms with van der Waals surface area (Å²) in [5, 5.41) is 15.8. The zero-order valence-corrected chi connectivity index (χ0v) is 31.5. The molecule has 0 heterocycles. The van der Waals surface area contributed by atoms with E-state index in [1.807, 2.05) is 6.08 Å². The lowest BCUT2D eigenvalue weighted by Crippen LogP contribution is -2.44. The maximum absolute atomic E-state index is 12.4. The predicted octanol–water partition coefficient (Wildman–Crippen LogP) is 13.2. The first-order chi connectivity index (χ1) is 23.2. The third-order valence-corrected chi connectivity index (χ3v) is 9.55. The van der Waals surface area contributed by atoms with Crippen LogP contribution in [-0.4, -0.2) is 29.7 Å². The normalized spacial score (nSPS) is 13.1. The van der Waals surface area contributed by atoms with Crippen molar-refractivity contribution in [1.29, 1.82) is 0 Å². The van der Waals surface area contributed by atoms with Crippen LogP contribution < -0.4 is 5.32 Å². The van der Waals surface area contributed by atoms with Crippen LogP contribution in [0.1, 0.15) is 219 Å². The first-order valence-electron chi connectivity index (χ1n) is 20.7. The second kappa shape index (κ2) is 39.0. The molecule has 0 aliphatic carbocycles. The third-order valence-electron chi connectivity index (χ3n) is 9.55. The van der Waals surface area contributed by atoms with Gasteiger partial charge in [0.25, 0.3) is 0 Å². The summed E-state index contributed by atoms with van der Waals surface area (Å²) in [6.45, 7) is 4.26. The van der Waals surface area contributed by atoms with E-state index in [2.05, 4.69) is 36.5 Å². The second-order valence-corrected chi connectivity index (χ2v) is 14.2. The average Bonchev–Trinajstić information content (AvgIpc) is 3.08. The van der Waals surface area contributed by atoms with Crippen LogP contribution in [0, 0.1) is 4.91 Å². The number of nitrogens with one attached hydrogen (secondary N) is 1. The van der Waals surface area contributed by atoms with Crippen LogP contribution in [0.4, 0.5) is 0 Å². The van der Waals surface area contributed by atoms with E-state index in [0.29, 0.717) is 6.42 Å². The minimum absolute atomic E-state index is 0.0928. The van der Waals surface area contributed by atoms with Gasteiger partial charge in [0.15, 0.2) is 0 Å². The smallest absolute Gasteiger partial charge is 0.220 e. The number of carbonyl (C=O) groups is 1. The highest BCUT2D eigenvalue weighted by Crippen LogP contribution is 2.15. The lowest BCUT2D eigenvalue weighted by molar-refractivity contribution is -0.122. The molecule has 5 heteroatoms. The fourth-order valence-corrected chi connectivity index (χ4v) is 6.34. The summed E-state index contributed by atoms with van der Waals surface area (Å²) < 4.78 is 0. The van der Waals surface area contributed by atoms with Gasteiger partial charge in [-0.15, -0.1) is 0 Å². The molecule has 0 saturated heterocycles. The van der Waals surface area contributed by atoms with Crippen molar-refractivity contribution >= 4 is 5.91 Å². The van der Waals surface area contributed by atoms with E-state index in [-0.39, 0.29) is 12.5 Å². The van der Waals surface area contributed by atoms with Gasteiger partial charge in [0.05, 0.1) is 12.6 Å². The van der Waals surface area contributed by atoms with Gasteiger partial charge in [-0.25, -0.2) is 0 Å². The first kappa shape index (κ1) is 45.5. The van der Waals surface area contributed by atoms with Crippen molar-refractivity contribution in [3.05, 3.63) is 29.2 Å². The fraction of sp³-hybridized carbons (Fsp3) is 0.881. The Kier molecular flexibility index (Phi) is 37.7. The van der Waals surface area contributed by atoms with Gasteiger partial charge in [0, 0.05) is 6.42 Å². The first-order valence-corrected chi connectivity index (χ1v) is 20.7. The van der Waals surface area contributed by atoms with Crippen LogP contribution in [0.25, 0.3) is 0 Å². The van der Waals surface area contributed by atoms with Crippen LogP contribution in [0.2, 0.25) is 0 Å². The Morgan fingerprint density at radius 3 is 1.23 bits per heavy atom. The summed E-state index contributed by atoms with van der Waals surface area (Å²) >= 11 is 0. The van der Waals surface area contributed by atoms with E-state index in [0.717, 1.165) is 25.7 Å². The van der Waals surface area contributed by atoms with E-state index < -0.39 is 12.1 Å². The lowest BCUT2D eigenvalue weighted by Gasteiger charge is -2.18. The lowest BCUT2D eigenvalue weighted by atomic mass is 10.0. The Morgan fingerprint density at radius 1 is 0.532 bits per heavy atom. The molecule has 2 N–H and O–H groups in total. The van der Waals surface area contributed by atoms with Gasteiger partial charge in [0.2, 0.25) is 5.91 Å². The molecule has 0 fully saturated rings. The standard InChI is InChI=1S/C42H80N2O3/c1-3-5-7-9-11-13-15-17-18-19-20-21-22-23-24-26-28-30-32-34-36-38-42(46)43-41(39-45)40(44-47)37-35-33-31-29-27-25-16-14-12-10-8-6-4-2/h17-18,35,37,40-41,45H,3-16,19-34,36,38-39H2,1-2H3,(H,43,46)/b18-17-,37-35+/t40-,41+/m1/s1. The fourth-order valence-electron chi connectivity index (χ4n) is 6.34. The van der Waals surface area contributed by atoms with Crippen molar-refractivity contribution in [2.24, 2.45) is 5.18 Å². The van der Waals surface area contributed by atoms with Crippen LogP contribution in [0.15, 0.2) is 29.5 Å². The zero-order valence-electron chi connectivity index (χ0n) is 31.5. The Hall–Kier alpha value is -1.49. The molecule has 0 unspecified atom stereocenters. The molecule has 0 aromatic carbocycles. The quantitative estimate of drug-likeness (QED) is 0.0393. The maximum Gasteiger partial charge on any atom is 0.220 e. The number of carbonyl (C=O) groups excluding carboxylic acids is 1. The van der Waals surface area contributed by atoms with Crippen LogP contribution in [-0.2, 0) is 4.79 Å². The highest BCUT2D eigenvalue weighted by Gasteiger charge is 2.21. The largest absolute Gasteiger partial charge is 0.394 e. The summed E-state index contributed by atoms with van der Waals surface area (Å²) in [4.78, 5) is 23.9. The number of allylic oxidation sites excluding steroid dienone is 3. The van der Waals surface area contributed by atoms with Crippen molar-refractivity contribution in [1.82, 2.24) is 5.32 Å². The van der Waals surface area contributed by atoms with Gasteiger partial charge < -0.3 is 10.4 Å². The predicted molar refractivity (Wildman–Crippen MR) is 206 cm³/mol. The van der Waals surface area contributed by atoms with Gasteiger partial charge in [0.1, 0.15) is 6.04 Å². The van der Waals surface area contributed by atoms with Crippen molar-refractivity contribution in [2.75, 3.05) is 6.61 Å². The van der Waals surface area contributed by atoms with E-state index >= 15 is 0 Å². The van der Waals surface area contributed by atoms with Gasteiger partial charge in [-0.2, -0.15) is 4.91 Å². The van der Waals surface area contributed by atoms with Gasteiger partial charge in [-0.05, 0) is 44.9 Å². The molecule has 0 aliphatic heterocycles. The van der Waals surface area contributed by atoms with E-state index in [1.165, 1.54) is 173 Å². The van der Waals surface area contributed by atoms with E-state index in [4.69, 9.17) is 0 Å². The number of aliphatic hydroxyl groups is 1. The van der Waals surface area contributed by atoms with Crippen molar-refractivity contribution in [2.45, 2.75) is 231 Å². The molecule has 0 spiro atoms. The van der Waals surface area contributed by atoms with Gasteiger partial charge >= 0.3 is 0 Å². The number of amides is 1. The zero-order chi connectivity index (χ0) is 34.3. The van der Waals surface area contributed by atoms with E-state index in [1.54, 1.807) is 6.08 Å². The molecule has 5 nitrogen and oxygen atoms in total. The van der Waals surface area contributed by atoms with Crippen molar-refractivity contribution < 1.29 is 9.90 Å². The minimum Gasteiger partial charge on any atom is -0.394 e. The average molecular weight is 661 g/mol. The van der Waals surface area contributed by atoms with Crippen molar-refractivity contribution in [3.8, 4) is 0 Å². The molecule has 0 aromatic rings. The summed E-state index contributed by atoms with van der Waals surface area (Å²) in [6, 6.07) is -1.35. The summed E-state index contributed by atoms with van der Waals surface area (Å²) in [5.41, 5.74) is 0. The number of unbranched alkanes of at least 4 members (excludes halogenated alkanes) is 28. The van der Waals surface area contributed by atoms with Crippen molar-refractivity contribution in [3.63, 3.8) is 0 Å². The number of hydrogen-bond donors (Lipinski definition) is 2. The molecular formula is C42H80N2O3. The Labute approximate surface area is 293 Å². The Balaban J connectivity index is 3.65. The van der Waals surface area contributed by atoms with Crippen LogP contribution >= 0.6 is 0 Å². The molecule has 276 valence electrons. The molecule has 0 aromatic heterocycles. The topological polar surface area (TPSA) is 78.8 Å². The third kappa shape index (κ3) is 34.2. The number of hydrogen-bond acceptors (Lipinski definition) is 4. The molecule has 0 aliphatic rings. The molecule has 0 radical (unpaired) electrons. The molecule has 0 saturated carbocycles. The summed E-state index contributed by atoms with van der Waals surface area (Å²) in [5.74, 6) is -0.0928. The molecule has 2 atom stereocenters. The molecule has 1 amide bonds. The number of aliphatic hydroxyl groups excluding tert-OH is 1. The van der Waals surface area contributed by atoms with Crippen LogP contribution in [0.3, 0.4) is 0 Å². The van der Waals surface area contributed by atoms with E-state index in [9.17, 15) is 14.8 Å².